The van der Waals surface area contributed by atoms with Gasteiger partial charge in [-0.25, -0.2) is 0 Å². The summed E-state index contributed by atoms with van der Waals surface area (Å²) in [7, 11) is 0. The molecule has 0 aromatic carbocycles. The Bertz CT molecular complexity index is 275. The number of rotatable bonds is 2. The molecule has 0 aromatic heterocycles. The van der Waals surface area contributed by atoms with E-state index in [1.807, 2.05) is 4.90 Å². The number of carbonyl (C=O) groups is 1. The van der Waals surface area contributed by atoms with Crippen LogP contribution in [-0.2, 0) is 4.79 Å². The summed E-state index contributed by atoms with van der Waals surface area (Å²) in [5.41, 5.74) is 6.63. The van der Waals surface area contributed by atoms with Crippen LogP contribution in [0.15, 0.2) is 0 Å². The normalized spacial score (nSPS) is 28.4. The van der Waals surface area contributed by atoms with Crippen molar-refractivity contribution in [1.29, 1.82) is 0 Å². The van der Waals surface area contributed by atoms with Crippen molar-refractivity contribution in [3.8, 4) is 0 Å². The van der Waals surface area contributed by atoms with E-state index in [4.69, 9.17) is 17.3 Å². The van der Waals surface area contributed by atoms with E-state index in [-0.39, 0.29) is 5.91 Å². The highest BCUT2D eigenvalue weighted by atomic mass is 35.5. The molecule has 2 aliphatic rings. The summed E-state index contributed by atoms with van der Waals surface area (Å²) < 4.78 is 0. The lowest BCUT2D eigenvalue weighted by atomic mass is 9.65. The number of carbonyl (C=O) groups excluding carboxylic acids is 1. The fraction of sp³-hybridized carbons (Fsp3) is 0.923. The number of likely N-dealkylation sites (tertiary alicyclic amines) is 1. The van der Waals surface area contributed by atoms with Crippen molar-refractivity contribution in [2.75, 3.05) is 19.0 Å². The van der Waals surface area contributed by atoms with Crippen LogP contribution < -0.4 is 5.73 Å². The van der Waals surface area contributed by atoms with Gasteiger partial charge in [0.05, 0.1) is 0 Å². The first-order chi connectivity index (χ1) is 8.18. The minimum atomic E-state index is 0.208. The molecule has 1 aliphatic heterocycles. The molecule has 2 N–H and O–H groups in total. The maximum Gasteiger partial charge on any atom is 0.223 e. The van der Waals surface area contributed by atoms with Crippen LogP contribution in [0.25, 0.3) is 0 Å². The summed E-state index contributed by atoms with van der Waals surface area (Å²) in [4.78, 5) is 13.7. The Balaban J connectivity index is 1.90. The maximum absolute atomic E-state index is 11.8. The zero-order chi connectivity index (χ0) is 12.3. The number of halogens is 1. The van der Waals surface area contributed by atoms with Crippen LogP contribution in [0.2, 0.25) is 0 Å². The SMILES string of the molecule is NC1CCCCC12CCN(C(=O)CCCl)CC2. The van der Waals surface area contributed by atoms with Crippen LogP contribution >= 0.6 is 11.6 Å². The summed E-state index contributed by atoms with van der Waals surface area (Å²) in [6, 6.07) is 0.349. The van der Waals surface area contributed by atoms with Crippen LogP contribution in [0, 0.1) is 5.41 Å². The van der Waals surface area contributed by atoms with E-state index < -0.39 is 0 Å². The molecule has 1 spiro atoms. The molecule has 1 heterocycles. The second-order valence-electron chi connectivity index (χ2n) is 5.53. The molecular formula is C13H23ClN2O. The second-order valence-corrected chi connectivity index (χ2v) is 5.91. The highest BCUT2D eigenvalue weighted by Crippen LogP contribution is 2.43. The van der Waals surface area contributed by atoms with Gasteiger partial charge in [0.25, 0.3) is 0 Å². The third-order valence-corrected chi connectivity index (χ3v) is 4.84. The highest BCUT2D eigenvalue weighted by molar-refractivity contribution is 6.18. The van der Waals surface area contributed by atoms with E-state index in [9.17, 15) is 4.79 Å². The van der Waals surface area contributed by atoms with Gasteiger partial charge in [-0.05, 0) is 31.1 Å². The van der Waals surface area contributed by atoms with E-state index in [2.05, 4.69) is 0 Å². The summed E-state index contributed by atoms with van der Waals surface area (Å²) in [6.45, 7) is 1.76. The number of amides is 1. The van der Waals surface area contributed by atoms with Gasteiger partial charge >= 0.3 is 0 Å². The number of piperidine rings is 1. The Kier molecular flexibility index (Phi) is 4.31. The van der Waals surface area contributed by atoms with Gasteiger partial charge in [-0.15, -0.1) is 11.6 Å². The Morgan fingerprint density at radius 3 is 2.59 bits per heavy atom. The molecule has 2 fully saturated rings. The maximum atomic E-state index is 11.8. The number of alkyl halides is 1. The first kappa shape index (κ1) is 13.2. The van der Waals surface area contributed by atoms with Gasteiger partial charge in [0, 0.05) is 31.4 Å². The molecular weight excluding hydrogens is 236 g/mol. The quantitative estimate of drug-likeness (QED) is 0.772. The largest absolute Gasteiger partial charge is 0.343 e. The minimum absolute atomic E-state index is 0.208. The van der Waals surface area contributed by atoms with Crippen molar-refractivity contribution in [1.82, 2.24) is 4.90 Å². The lowest BCUT2D eigenvalue weighted by molar-refractivity contribution is -0.133. The van der Waals surface area contributed by atoms with Gasteiger partial charge in [-0.3, -0.25) is 4.79 Å². The van der Waals surface area contributed by atoms with Crippen LogP contribution in [0.4, 0.5) is 0 Å². The van der Waals surface area contributed by atoms with Crippen LogP contribution in [0.5, 0.6) is 0 Å². The van der Waals surface area contributed by atoms with Gasteiger partial charge in [0.2, 0.25) is 5.91 Å². The molecule has 1 aliphatic carbocycles. The number of hydrogen-bond acceptors (Lipinski definition) is 2. The van der Waals surface area contributed by atoms with Gasteiger partial charge < -0.3 is 10.6 Å². The van der Waals surface area contributed by atoms with Crippen molar-refractivity contribution >= 4 is 17.5 Å². The first-order valence-electron chi connectivity index (χ1n) is 6.77. The summed E-state index contributed by atoms with van der Waals surface area (Å²) in [5.74, 6) is 0.638. The molecule has 3 nitrogen and oxygen atoms in total. The number of nitrogens with zero attached hydrogens (tertiary/aromatic N) is 1. The highest BCUT2D eigenvalue weighted by Gasteiger charge is 2.41. The molecule has 0 radical (unpaired) electrons. The van der Waals surface area contributed by atoms with Gasteiger partial charge in [0.15, 0.2) is 0 Å². The average Bonchev–Trinajstić information content (AvgIpc) is 2.34. The Labute approximate surface area is 109 Å². The van der Waals surface area contributed by atoms with Crippen LogP contribution in [0.3, 0.4) is 0 Å². The van der Waals surface area contributed by atoms with Crippen molar-refractivity contribution in [3.05, 3.63) is 0 Å². The predicted octanol–water partition coefficient (Wildman–Crippen LogP) is 2.13. The summed E-state index contributed by atoms with van der Waals surface area (Å²) >= 11 is 5.61. The monoisotopic (exact) mass is 258 g/mol. The Hall–Kier alpha value is -0.280. The van der Waals surface area contributed by atoms with Crippen molar-refractivity contribution < 1.29 is 4.79 Å². The average molecular weight is 259 g/mol. The fourth-order valence-corrected chi connectivity index (χ4v) is 3.56. The molecule has 17 heavy (non-hydrogen) atoms. The van der Waals surface area contributed by atoms with E-state index in [1.165, 1.54) is 19.3 Å². The van der Waals surface area contributed by atoms with E-state index >= 15 is 0 Å². The topological polar surface area (TPSA) is 46.3 Å². The molecule has 1 saturated heterocycles. The molecule has 2 rings (SSSR count). The predicted molar refractivity (Wildman–Crippen MR) is 70.0 cm³/mol. The Morgan fingerprint density at radius 1 is 1.29 bits per heavy atom. The van der Waals surface area contributed by atoms with Gasteiger partial charge in [-0.2, -0.15) is 0 Å². The number of nitrogens with two attached hydrogens (primary N) is 1. The molecule has 0 bridgehead atoms. The third-order valence-electron chi connectivity index (χ3n) is 4.65. The lowest BCUT2D eigenvalue weighted by Crippen LogP contribution is -2.52. The summed E-state index contributed by atoms with van der Waals surface area (Å²) in [6.07, 6.45) is 7.65. The fourth-order valence-electron chi connectivity index (χ4n) is 3.39. The zero-order valence-corrected chi connectivity index (χ0v) is 11.2. The minimum Gasteiger partial charge on any atom is -0.343 e. The molecule has 1 atom stereocenters. The summed E-state index contributed by atoms with van der Waals surface area (Å²) in [5, 5.41) is 0. The third kappa shape index (κ3) is 2.76. The molecule has 4 heteroatoms. The lowest BCUT2D eigenvalue weighted by Gasteiger charge is -2.48. The molecule has 0 aromatic rings. The second kappa shape index (κ2) is 5.57. The van der Waals surface area contributed by atoms with Crippen LogP contribution in [-0.4, -0.2) is 35.8 Å². The first-order valence-corrected chi connectivity index (χ1v) is 7.31. The van der Waals surface area contributed by atoms with Crippen LogP contribution in [0.1, 0.15) is 44.9 Å². The zero-order valence-electron chi connectivity index (χ0n) is 10.5. The van der Waals surface area contributed by atoms with E-state index in [1.54, 1.807) is 0 Å². The Morgan fingerprint density at radius 2 is 2.00 bits per heavy atom. The number of hydrogen-bond donors (Lipinski definition) is 1. The van der Waals surface area contributed by atoms with Crippen molar-refractivity contribution in [2.24, 2.45) is 11.1 Å². The molecule has 98 valence electrons. The van der Waals surface area contributed by atoms with E-state index in [0.29, 0.717) is 23.8 Å². The van der Waals surface area contributed by atoms with Crippen molar-refractivity contribution in [2.45, 2.75) is 51.0 Å². The van der Waals surface area contributed by atoms with Gasteiger partial charge in [0.1, 0.15) is 0 Å². The van der Waals surface area contributed by atoms with E-state index in [0.717, 1.165) is 32.4 Å². The molecule has 1 amide bonds. The van der Waals surface area contributed by atoms with Gasteiger partial charge in [-0.1, -0.05) is 12.8 Å². The molecule has 1 unspecified atom stereocenters. The van der Waals surface area contributed by atoms with Crippen molar-refractivity contribution in [3.63, 3.8) is 0 Å². The smallest absolute Gasteiger partial charge is 0.223 e. The molecule has 1 saturated carbocycles. The standard InChI is InChI=1S/C13H23ClN2O/c14-8-4-12(17)16-9-6-13(7-10-16)5-2-1-3-11(13)15/h11H,1-10,15H2.